The molecule has 0 aromatic carbocycles. The molecule has 0 radical (unpaired) electrons. The molecule has 0 unspecified atom stereocenters. The highest BCUT2D eigenvalue weighted by Gasteiger charge is 2.28. The average molecular weight is 401 g/mol. The minimum Gasteiger partial charge on any atom is -0.495 e. The van der Waals surface area contributed by atoms with Gasteiger partial charge in [-0.05, 0) is 43.9 Å². The van der Waals surface area contributed by atoms with Crippen molar-refractivity contribution in [3.8, 4) is 5.75 Å². The molecule has 0 aliphatic carbocycles. The summed E-state index contributed by atoms with van der Waals surface area (Å²) in [6, 6.07) is 5.38. The SMILES string of the molecule is COc1cccnc1CNC(=O)c1cc([Si](=O)N2CCC(C)CC2)c(C)n1C. The third-order valence-corrected chi connectivity index (χ3v) is 7.54. The van der Waals surface area contributed by atoms with Gasteiger partial charge in [0, 0.05) is 37.2 Å². The first-order valence-corrected chi connectivity index (χ1v) is 11.0. The first kappa shape index (κ1) is 20.3. The highest BCUT2D eigenvalue weighted by atomic mass is 28.3. The maximum Gasteiger partial charge on any atom is 0.432 e. The number of piperidine rings is 1. The van der Waals surface area contributed by atoms with Crippen LogP contribution in [0.4, 0.5) is 0 Å². The van der Waals surface area contributed by atoms with Gasteiger partial charge in [-0.1, -0.05) is 6.92 Å². The Labute approximate surface area is 167 Å². The van der Waals surface area contributed by atoms with Gasteiger partial charge in [-0.3, -0.25) is 9.78 Å². The highest BCUT2D eigenvalue weighted by molar-refractivity contribution is 6.57. The lowest BCUT2D eigenvalue weighted by molar-refractivity contribution is 0.0942. The Hall–Kier alpha value is -2.48. The predicted molar refractivity (Wildman–Crippen MR) is 108 cm³/mol. The molecule has 0 spiro atoms. The molecule has 3 rings (SSSR count). The Morgan fingerprint density at radius 3 is 2.79 bits per heavy atom. The molecule has 150 valence electrons. The summed E-state index contributed by atoms with van der Waals surface area (Å²) >= 11 is 0. The quantitative estimate of drug-likeness (QED) is 0.744. The van der Waals surface area contributed by atoms with Crippen LogP contribution < -0.4 is 15.2 Å². The third-order valence-electron chi connectivity index (χ3n) is 5.55. The molecule has 0 saturated carbocycles. The summed E-state index contributed by atoms with van der Waals surface area (Å²) in [6.07, 6.45) is 3.81. The van der Waals surface area contributed by atoms with Crippen LogP contribution in [-0.2, 0) is 18.1 Å². The van der Waals surface area contributed by atoms with Crippen LogP contribution in [-0.4, -0.2) is 49.1 Å². The fraction of sp³-hybridized carbons (Fsp3) is 0.500. The summed E-state index contributed by atoms with van der Waals surface area (Å²) in [5, 5.41) is 3.67. The Kier molecular flexibility index (Phi) is 6.28. The molecule has 3 heterocycles. The minimum absolute atomic E-state index is 0.216. The second-order valence-electron chi connectivity index (χ2n) is 7.40. The van der Waals surface area contributed by atoms with Crippen molar-refractivity contribution in [2.45, 2.75) is 33.2 Å². The Morgan fingerprint density at radius 2 is 2.11 bits per heavy atom. The van der Waals surface area contributed by atoms with Gasteiger partial charge < -0.3 is 23.6 Å². The minimum atomic E-state index is -2.08. The van der Waals surface area contributed by atoms with Crippen molar-refractivity contribution in [2.24, 2.45) is 13.0 Å². The molecule has 1 amide bonds. The number of methoxy groups -OCH3 is 1. The van der Waals surface area contributed by atoms with Crippen LogP contribution in [0.2, 0.25) is 0 Å². The van der Waals surface area contributed by atoms with E-state index >= 15 is 0 Å². The fourth-order valence-corrected chi connectivity index (χ4v) is 5.25. The van der Waals surface area contributed by atoms with Crippen LogP contribution in [0, 0.1) is 12.8 Å². The van der Waals surface area contributed by atoms with Gasteiger partial charge in [-0.25, -0.2) is 0 Å². The fourth-order valence-electron chi connectivity index (χ4n) is 3.51. The van der Waals surface area contributed by atoms with Crippen molar-refractivity contribution >= 4 is 19.9 Å². The molecule has 1 aliphatic rings. The van der Waals surface area contributed by atoms with Crippen LogP contribution in [0.1, 0.15) is 41.6 Å². The molecule has 1 saturated heterocycles. The smallest absolute Gasteiger partial charge is 0.432 e. The molecule has 2 aromatic rings. The van der Waals surface area contributed by atoms with E-state index in [1.165, 1.54) is 0 Å². The van der Waals surface area contributed by atoms with Gasteiger partial charge in [0.05, 0.1) is 13.7 Å². The topological polar surface area (TPSA) is 76.5 Å². The number of aromatic nitrogens is 2. The summed E-state index contributed by atoms with van der Waals surface area (Å²) < 4.78 is 22.3. The normalized spacial score (nSPS) is 14.8. The maximum absolute atomic E-state index is 13.1. The molecule has 7 nitrogen and oxygen atoms in total. The van der Waals surface area contributed by atoms with E-state index in [9.17, 15) is 9.26 Å². The summed E-state index contributed by atoms with van der Waals surface area (Å²) in [6.45, 7) is 6.13. The zero-order valence-corrected chi connectivity index (χ0v) is 18.0. The number of nitrogens with zero attached hydrogens (tertiary/aromatic N) is 3. The second-order valence-corrected chi connectivity index (χ2v) is 9.18. The highest BCUT2D eigenvalue weighted by Crippen LogP contribution is 2.17. The van der Waals surface area contributed by atoms with E-state index < -0.39 is 8.84 Å². The standard InChI is InChI=1S/C20H28N4O3Si/c1-14-7-10-24(11-8-14)28(26)19-12-17(23(3)15(19)2)20(25)22-13-16-18(27-4)6-5-9-21-16/h5-6,9,12,14H,7-8,10-11,13H2,1-4H3,(H,22,25). The number of carbonyl (C=O) groups is 1. The third kappa shape index (κ3) is 4.16. The lowest BCUT2D eigenvalue weighted by Gasteiger charge is -2.30. The van der Waals surface area contributed by atoms with Gasteiger partial charge in [0.2, 0.25) is 0 Å². The number of nitrogens with one attached hydrogen (secondary N) is 1. The Bertz CT molecular complexity index is 872. The van der Waals surface area contributed by atoms with Crippen LogP contribution in [0.15, 0.2) is 24.4 Å². The van der Waals surface area contributed by atoms with Gasteiger partial charge >= 0.3 is 8.84 Å². The number of carbonyl (C=O) groups excluding carboxylic acids is 1. The predicted octanol–water partition coefficient (Wildman–Crippen LogP) is 1.52. The summed E-state index contributed by atoms with van der Waals surface area (Å²) in [5.41, 5.74) is 2.05. The van der Waals surface area contributed by atoms with Gasteiger partial charge in [0.25, 0.3) is 5.91 Å². The second kappa shape index (κ2) is 8.68. The van der Waals surface area contributed by atoms with Crippen molar-refractivity contribution in [3.05, 3.63) is 41.5 Å². The average Bonchev–Trinajstić information content (AvgIpc) is 3.01. The van der Waals surface area contributed by atoms with E-state index in [2.05, 4.69) is 21.8 Å². The van der Waals surface area contributed by atoms with Gasteiger partial charge in [0.15, 0.2) is 0 Å². The van der Waals surface area contributed by atoms with Crippen molar-refractivity contribution in [1.82, 2.24) is 19.4 Å². The van der Waals surface area contributed by atoms with Crippen LogP contribution >= 0.6 is 0 Å². The monoisotopic (exact) mass is 400 g/mol. The van der Waals surface area contributed by atoms with Gasteiger partial charge in [-0.2, -0.15) is 0 Å². The molecule has 1 N–H and O–H groups in total. The molecule has 28 heavy (non-hydrogen) atoms. The largest absolute Gasteiger partial charge is 0.495 e. The Balaban J connectivity index is 1.73. The number of hydrogen-bond acceptors (Lipinski definition) is 4. The van der Waals surface area contributed by atoms with E-state index in [-0.39, 0.29) is 12.5 Å². The van der Waals surface area contributed by atoms with Crippen molar-refractivity contribution < 1.29 is 14.0 Å². The summed E-state index contributed by atoms with van der Waals surface area (Å²) in [5.74, 6) is 1.11. The van der Waals surface area contributed by atoms with Crippen LogP contribution in [0.5, 0.6) is 5.75 Å². The van der Waals surface area contributed by atoms with Gasteiger partial charge in [-0.15, -0.1) is 0 Å². The van der Waals surface area contributed by atoms with E-state index in [4.69, 9.17) is 4.74 Å². The van der Waals surface area contributed by atoms with E-state index in [0.717, 1.165) is 36.8 Å². The molecular formula is C20H28N4O3Si. The van der Waals surface area contributed by atoms with Crippen molar-refractivity contribution in [3.63, 3.8) is 0 Å². The van der Waals surface area contributed by atoms with Crippen molar-refractivity contribution in [1.29, 1.82) is 0 Å². The molecule has 1 aliphatic heterocycles. The summed E-state index contributed by atoms with van der Waals surface area (Å²) in [4.78, 5) is 17.0. The number of hydrogen-bond donors (Lipinski definition) is 1. The zero-order chi connectivity index (χ0) is 20.3. The first-order valence-electron chi connectivity index (χ1n) is 9.64. The number of ether oxygens (including phenoxy) is 1. The lowest BCUT2D eigenvalue weighted by atomic mass is 10.0. The summed E-state index contributed by atoms with van der Waals surface area (Å²) in [7, 11) is 1.33. The van der Waals surface area contributed by atoms with Gasteiger partial charge in [0.1, 0.15) is 17.1 Å². The molecule has 2 aromatic heterocycles. The van der Waals surface area contributed by atoms with E-state index in [0.29, 0.717) is 23.1 Å². The van der Waals surface area contributed by atoms with E-state index in [1.54, 1.807) is 25.4 Å². The van der Waals surface area contributed by atoms with Crippen LogP contribution in [0.3, 0.4) is 0 Å². The molecule has 0 atom stereocenters. The first-order chi connectivity index (χ1) is 13.4. The molecule has 8 heteroatoms. The number of rotatable bonds is 6. The number of pyridine rings is 1. The van der Waals surface area contributed by atoms with E-state index in [1.807, 2.05) is 24.6 Å². The molecular weight excluding hydrogens is 372 g/mol. The number of amides is 1. The van der Waals surface area contributed by atoms with Crippen molar-refractivity contribution in [2.75, 3.05) is 20.2 Å². The van der Waals surface area contributed by atoms with Crippen LogP contribution in [0.25, 0.3) is 0 Å². The zero-order valence-electron chi connectivity index (χ0n) is 17.0. The molecule has 1 fully saturated rings. The molecule has 0 bridgehead atoms. The lowest BCUT2D eigenvalue weighted by Crippen LogP contribution is -2.46. The maximum atomic E-state index is 13.1. The Morgan fingerprint density at radius 1 is 1.39 bits per heavy atom.